The van der Waals surface area contributed by atoms with Crippen molar-refractivity contribution < 1.29 is 19.1 Å². The van der Waals surface area contributed by atoms with Crippen LogP contribution in [0.15, 0.2) is 78.9 Å². The fourth-order valence-electron chi connectivity index (χ4n) is 4.13. The third kappa shape index (κ3) is 6.19. The summed E-state index contributed by atoms with van der Waals surface area (Å²) in [5.41, 5.74) is 9.33. The van der Waals surface area contributed by atoms with Crippen molar-refractivity contribution in [2.24, 2.45) is 5.73 Å². The van der Waals surface area contributed by atoms with Crippen molar-refractivity contribution in [3.05, 3.63) is 105 Å². The summed E-state index contributed by atoms with van der Waals surface area (Å²) in [7, 11) is 0. The van der Waals surface area contributed by atoms with Crippen LogP contribution in [0.5, 0.6) is 0 Å². The number of nitrogens with zero attached hydrogens (tertiary/aromatic N) is 1. The fraction of sp³-hybridized carbons (Fsp3) is 0.222. The maximum absolute atomic E-state index is 13.4. The van der Waals surface area contributed by atoms with Crippen LogP contribution in [0.4, 0.5) is 4.79 Å². The van der Waals surface area contributed by atoms with Gasteiger partial charge in [0.1, 0.15) is 18.7 Å². The summed E-state index contributed by atoms with van der Waals surface area (Å²) in [6.45, 7) is 0.336. The molecule has 0 radical (unpaired) electrons. The first-order valence-corrected chi connectivity index (χ1v) is 12.4. The van der Waals surface area contributed by atoms with E-state index in [2.05, 4.69) is 27.9 Å². The van der Waals surface area contributed by atoms with Gasteiger partial charge in [0.05, 0.1) is 6.54 Å². The molecule has 1 aliphatic heterocycles. The predicted molar refractivity (Wildman–Crippen MR) is 140 cm³/mol. The highest BCUT2D eigenvalue weighted by molar-refractivity contribution is 14.1. The molecule has 3 aromatic carbocycles. The highest BCUT2D eigenvalue weighted by Crippen LogP contribution is 2.25. The van der Waals surface area contributed by atoms with Crippen LogP contribution >= 0.6 is 22.6 Å². The molecule has 7 nitrogen and oxygen atoms in total. The van der Waals surface area contributed by atoms with E-state index in [1.165, 1.54) is 4.90 Å². The average Bonchev–Trinajstić information content (AvgIpc) is 2.87. The second kappa shape index (κ2) is 11.4. The van der Waals surface area contributed by atoms with Gasteiger partial charge in [-0.25, -0.2) is 4.79 Å². The molecule has 3 amide bonds. The highest BCUT2D eigenvalue weighted by atomic mass is 127. The lowest BCUT2D eigenvalue weighted by atomic mass is 9.93. The maximum Gasteiger partial charge on any atom is 0.411 e. The number of primary amides is 1. The molecule has 0 aromatic heterocycles. The summed E-state index contributed by atoms with van der Waals surface area (Å²) in [5.74, 6) is -1.07. The first kappa shape index (κ1) is 24.7. The van der Waals surface area contributed by atoms with E-state index in [1.54, 1.807) is 0 Å². The van der Waals surface area contributed by atoms with Crippen molar-refractivity contribution in [3.63, 3.8) is 0 Å². The van der Waals surface area contributed by atoms with Crippen LogP contribution in [-0.4, -0.2) is 34.9 Å². The molecule has 0 fully saturated rings. The molecule has 1 heterocycles. The predicted octanol–water partition coefficient (Wildman–Crippen LogP) is 3.57. The quantitative estimate of drug-likeness (QED) is 0.416. The van der Waals surface area contributed by atoms with E-state index >= 15 is 0 Å². The Labute approximate surface area is 217 Å². The Hall–Kier alpha value is -3.40. The summed E-state index contributed by atoms with van der Waals surface area (Å²) in [6, 6.07) is 22.9. The van der Waals surface area contributed by atoms with Crippen LogP contribution in [0.2, 0.25) is 0 Å². The average molecular weight is 583 g/mol. The van der Waals surface area contributed by atoms with Gasteiger partial charge in [0.25, 0.3) is 0 Å². The number of benzene rings is 3. The van der Waals surface area contributed by atoms with Gasteiger partial charge in [-0.15, -0.1) is 0 Å². The van der Waals surface area contributed by atoms with E-state index in [0.717, 1.165) is 25.8 Å². The van der Waals surface area contributed by atoms with Crippen LogP contribution < -0.4 is 11.1 Å². The summed E-state index contributed by atoms with van der Waals surface area (Å²) in [6.07, 6.45) is -0.00427. The Morgan fingerprint density at radius 2 is 1.63 bits per heavy atom. The van der Waals surface area contributed by atoms with Gasteiger partial charge in [-0.2, -0.15) is 0 Å². The molecule has 0 aliphatic carbocycles. The number of fused-ring (bicyclic) bond motifs is 1. The molecule has 3 aromatic rings. The Balaban J connectivity index is 1.52. The molecule has 1 aliphatic rings. The SMILES string of the molecule is NC(=O)[C@@H](Cc1ccccc1I)NC(=O)[C@@H]1Cc2ccccc2CN1C(=O)OCc1ccccc1. The zero-order chi connectivity index (χ0) is 24.8. The van der Waals surface area contributed by atoms with Gasteiger partial charge in [-0.1, -0.05) is 72.8 Å². The Morgan fingerprint density at radius 3 is 2.34 bits per heavy atom. The van der Waals surface area contributed by atoms with Crippen molar-refractivity contribution in [1.82, 2.24) is 10.2 Å². The minimum Gasteiger partial charge on any atom is -0.445 e. The molecule has 0 saturated carbocycles. The van der Waals surface area contributed by atoms with Crippen LogP contribution in [0, 0.1) is 3.57 Å². The van der Waals surface area contributed by atoms with E-state index in [1.807, 2.05) is 78.9 Å². The molecule has 0 spiro atoms. The number of rotatable bonds is 7. The van der Waals surface area contributed by atoms with Gasteiger partial charge >= 0.3 is 6.09 Å². The number of carbonyl (C=O) groups excluding carboxylic acids is 3. The Kier molecular flexibility index (Phi) is 8.02. The largest absolute Gasteiger partial charge is 0.445 e. The molecule has 0 saturated heterocycles. The van der Waals surface area contributed by atoms with Crippen molar-refractivity contribution >= 4 is 40.5 Å². The zero-order valence-corrected chi connectivity index (χ0v) is 21.2. The molecular formula is C27H26IN3O4. The minimum atomic E-state index is -0.905. The first-order chi connectivity index (χ1) is 16.9. The van der Waals surface area contributed by atoms with E-state index in [4.69, 9.17) is 10.5 Å². The number of nitrogens with two attached hydrogens (primary N) is 1. The van der Waals surface area contributed by atoms with Gasteiger partial charge in [-0.3, -0.25) is 14.5 Å². The van der Waals surface area contributed by atoms with E-state index in [0.29, 0.717) is 6.42 Å². The topological polar surface area (TPSA) is 102 Å². The summed E-state index contributed by atoms with van der Waals surface area (Å²) < 4.78 is 6.52. The molecule has 0 bridgehead atoms. The number of nitrogens with one attached hydrogen (secondary N) is 1. The van der Waals surface area contributed by atoms with Crippen LogP contribution in [0.1, 0.15) is 22.3 Å². The lowest BCUT2D eigenvalue weighted by Gasteiger charge is -2.35. The third-order valence-electron chi connectivity index (χ3n) is 6.03. The normalized spacial score (nSPS) is 15.6. The van der Waals surface area contributed by atoms with Crippen molar-refractivity contribution in [3.8, 4) is 0 Å². The van der Waals surface area contributed by atoms with E-state index in [-0.39, 0.29) is 19.6 Å². The molecule has 35 heavy (non-hydrogen) atoms. The van der Waals surface area contributed by atoms with Crippen LogP contribution in [-0.2, 0) is 40.3 Å². The fourth-order valence-corrected chi connectivity index (χ4v) is 4.73. The van der Waals surface area contributed by atoms with Gasteiger partial charge in [-0.05, 0) is 50.9 Å². The lowest BCUT2D eigenvalue weighted by Crippen LogP contribution is -2.56. The monoisotopic (exact) mass is 583 g/mol. The highest BCUT2D eigenvalue weighted by Gasteiger charge is 2.37. The van der Waals surface area contributed by atoms with Crippen LogP contribution in [0.3, 0.4) is 0 Å². The van der Waals surface area contributed by atoms with Gasteiger partial charge in [0.15, 0.2) is 0 Å². The van der Waals surface area contributed by atoms with Crippen molar-refractivity contribution in [2.45, 2.75) is 38.1 Å². The minimum absolute atomic E-state index is 0.0997. The molecule has 180 valence electrons. The van der Waals surface area contributed by atoms with Gasteiger partial charge < -0.3 is 15.8 Å². The Bertz CT molecular complexity index is 1220. The number of carbonyl (C=O) groups is 3. The van der Waals surface area contributed by atoms with Gasteiger partial charge in [0.2, 0.25) is 11.8 Å². The summed E-state index contributed by atoms with van der Waals surface area (Å²) >= 11 is 2.19. The maximum atomic E-state index is 13.4. The number of halogens is 1. The number of ether oxygens (including phenoxy) is 1. The first-order valence-electron chi connectivity index (χ1n) is 11.3. The van der Waals surface area contributed by atoms with Gasteiger partial charge in [0, 0.05) is 16.4 Å². The van der Waals surface area contributed by atoms with Crippen molar-refractivity contribution in [1.29, 1.82) is 0 Å². The van der Waals surface area contributed by atoms with E-state index < -0.39 is 30.0 Å². The second-order valence-electron chi connectivity index (χ2n) is 8.42. The number of hydrogen-bond donors (Lipinski definition) is 2. The lowest BCUT2D eigenvalue weighted by molar-refractivity contribution is -0.131. The molecule has 0 unspecified atom stereocenters. The number of hydrogen-bond acceptors (Lipinski definition) is 4. The molecular weight excluding hydrogens is 557 g/mol. The molecule has 4 rings (SSSR count). The zero-order valence-electron chi connectivity index (χ0n) is 19.0. The van der Waals surface area contributed by atoms with Crippen LogP contribution in [0.25, 0.3) is 0 Å². The van der Waals surface area contributed by atoms with E-state index in [9.17, 15) is 14.4 Å². The summed E-state index contributed by atoms with van der Waals surface area (Å²) in [4.78, 5) is 40.1. The third-order valence-corrected chi connectivity index (χ3v) is 7.09. The molecule has 2 atom stereocenters. The molecule has 8 heteroatoms. The summed E-state index contributed by atoms with van der Waals surface area (Å²) in [5, 5.41) is 2.79. The second-order valence-corrected chi connectivity index (χ2v) is 9.58. The molecule has 3 N–H and O–H groups in total. The smallest absolute Gasteiger partial charge is 0.411 e. The standard InChI is InChI=1S/C27H26IN3O4/c28-22-13-7-6-11-20(22)14-23(25(29)32)30-26(33)24-15-19-10-4-5-12-21(19)16-31(24)27(34)35-17-18-8-2-1-3-9-18/h1-13,23-24H,14-17H2,(H2,29,32)(H,30,33)/t23-,24+/m1/s1. The Morgan fingerprint density at radius 1 is 0.971 bits per heavy atom. The van der Waals surface area contributed by atoms with Crippen molar-refractivity contribution in [2.75, 3.05) is 0 Å². The number of amides is 3.